The number of carbonyl (C=O) groups is 2. The van der Waals surface area contributed by atoms with Crippen LogP contribution in [0.25, 0.3) is 0 Å². The molecule has 0 bridgehead atoms. The molecular formula is C15H23N3O4S. The zero-order valence-corrected chi connectivity index (χ0v) is 14.7. The fourth-order valence-corrected chi connectivity index (χ4v) is 2.13. The molecule has 0 heterocycles. The number of rotatable bonds is 5. The highest BCUT2D eigenvalue weighted by Gasteiger charge is 2.25. The van der Waals surface area contributed by atoms with Gasteiger partial charge in [0.2, 0.25) is 21.8 Å². The van der Waals surface area contributed by atoms with Crippen LogP contribution in [0.15, 0.2) is 24.3 Å². The van der Waals surface area contributed by atoms with E-state index in [1.807, 2.05) is 0 Å². The van der Waals surface area contributed by atoms with Crippen molar-refractivity contribution in [3.63, 3.8) is 0 Å². The van der Waals surface area contributed by atoms with Crippen molar-refractivity contribution in [2.24, 2.45) is 5.41 Å². The first-order valence-corrected chi connectivity index (χ1v) is 8.97. The molecule has 3 N–H and O–H groups in total. The van der Waals surface area contributed by atoms with E-state index >= 15 is 0 Å². The molecule has 0 fully saturated rings. The van der Waals surface area contributed by atoms with Gasteiger partial charge in [-0.05, 0) is 31.2 Å². The summed E-state index contributed by atoms with van der Waals surface area (Å²) in [6.45, 7) is 6.89. The molecule has 0 spiro atoms. The highest BCUT2D eigenvalue weighted by molar-refractivity contribution is 7.92. The Morgan fingerprint density at radius 3 is 1.96 bits per heavy atom. The summed E-state index contributed by atoms with van der Waals surface area (Å²) in [5.41, 5.74) is 0.332. The molecule has 0 aliphatic carbocycles. The highest BCUT2D eigenvalue weighted by atomic mass is 32.2. The number of carbonyl (C=O) groups excluding carboxylic acids is 2. The summed E-state index contributed by atoms with van der Waals surface area (Å²) in [5, 5.41) is 5.30. The molecular weight excluding hydrogens is 318 g/mol. The summed E-state index contributed by atoms with van der Waals surface area (Å²) >= 11 is 0. The van der Waals surface area contributed by atoms with Gasteiger partial charge in [-0.2, -0.15) is 0 Å². The van der Waals surface area contributed by atoms with Crippen molar-refractivity contribution in [3.05, 3.63) is 24.3 Å². The van der Waals surface area contributed by atoms with Gasteiger partial charge in [-0.3, -0.25) is 14.3 Å². The van der Waals surface area contributed by atoms with Gasteiger partial charge in [0, 0.05) is 16.8 Å². The standard InChI is InChI=1S/C15H23N3O4S/c1-10(16-14(20)15(2,3)4)13(19)17-11-6-8-12(9-7-11)18-23(5,21)22/h6-10,18H,1-5H3,(H,16,20)(H,17,19)/t10-/m0/s1. The lowest BCUT2D eigenvalue weighted by molar-refractivity contribution is -0.131. The largest absolute Gasteiger partial charge is 0.344 e. The van der Waals surface area contributed by atoms with Crippen LogP contribution in [-0.4, -0.2) is 32.5 Å². The van der Waals surface area contributed by atoms with Crippen LogP contribution in [-0.2, 0) is 19.6 Å². The summed E-state index contributed by atoms with van der Waals surface area (Å²) in [6.07, 6.45) is 1.06. The topological polar surface area (TPSA) is 104 Å². The minimum Gasteiger partial charge on any atom is -0.344 e. The number of amides is 2. The van der Waals surface area contributed by atoms with Crippen LogP contribution in [0, 0.1) is 5.41 Å². The molecule has 0 radical (unpaired) electrons. The van der Waals surface area contributed by atoms with Gasteiger partial charge in [0.05, 0.1) is 6.26 Å². The zero-order valence-electron chi connectivity index (χ0n) is 13.9. The van der Waals surface area contributed by atoms with E-state index in [-0.39, 0.29) is 11.8 Å². The first kappa shape index (κ1) is 19.0. The molecule has 0 aromatic heterocycles. The predicted molar refractivity (Wildman–Crippen MR) is 90.6 cm³/mol. The van der Waals surface area contributed by atoms with E-state index in [0.29, 0.717) is 11.4 Å². The fourth-order valence-electron chi connectivity index (χ4n) is 1.56. The summed E-state index contributed by atoms with van der Waals surface area (Å²) in [6, 6.07) is 5.54. The Balaban J connectivity index is 2.65. The van der Waals surface area contributed by atoms with E-state index in [4.69, 9.17) is 0 Å². The smallest absolute Gasteiger partial charge is 0.246 e. The monoisotopic (exact) mass is 341 g/mol. The number of hydrogen-bond donors (Lipinski definition) is 3. The molecule has 0 aliphatic rings. The van der Waals surface area contributed by atoms with Crippen LogP contribution >= 0.6 is 0 Å². The summed E-state index contributed by atoms with van der Waals surface area (Å²) in [7, 11) is -3.34. The van der Waals surface area contributed by atoms with Gasteiger partial charge in [0.25, 0.3) is 0 Å². The van der Waals surface area contributed by atoms with E-state index in [1.54, 1.807) is 39.8 Å². The second kappa shape index (κ2) is 6.99. The average molecular weight is 341 g/mol. The molecule has 1 rings (SSSR count). The molecule has 1 aromatic rings. The van der Waals surface area contributed by atoms with Crippen LogP contribution in [0.5, 0.6) is 0 Å². The van der Waals surface area contributed by atoms with E-state index in [1.165, 1.54) is 12.1 Å². The molecule has 0 unspecified atom stereocenters. The maximum Gasteiger partial charge on any atom is 0.246 e. The van der Waals surface area contributed by atoms with Crippen molar-refractivity contribution in [1.29, 1.82) is 0 Å². The third-order valence-electron chi connectivity index (χ3n) is 2.88. The van der Waals surface area contributed by atoms with Gasteiger partial charge < -0.3 is 10.6 Å². The van der Waals surface area contributed by atoms with E-state index < -0.39 is 21.5 Å². The number of nitrogens with one attached hydrogen (secondary N) is 3. The average Bonchev–Trinajstić information content (AvgIpc) is 2.38. The van der Waals surface area contributed by atoms with Gasteiger partial charge in [-0.25, -0.2) is 8.42 Å². The number of sulfonamides is 1. The maximum atomic E-state index is 12.1. The zero-order chi connectivity index (χ0) is 17.8. The minimum absolute atomic E-state index is 0.215. The van der Waals surface area contributed by atoms with Crippen LogP contribution in [0.2, 0.25) is 0 Å². The van der Waals surface area contributed by atoms with Gasteiger partial charge in [0.15, 0.2) is 0 Å². The fraction of sp³-hybridized carbons (Fsp3) is 0.467. The molecule has 23 heavy (non-hydrogen) atoms. The molecule has 1 aromatic carbocycles. The normalized spacial score (nSPS) is 13.1. The van der Waals surface area contributed by atoms with Crippen molar-refractivity contribution in [2.75, 3.05) is 16.3 Å². The van der Waals surface area contributed by atoms with Gasteiger partial charge in [-0.15, -0.1) is 0 Å². The van der Waals surface area contributed by atoms with E-state index in [2.05, 4.69) is 15.4 Å². The predicted octanol–water partition coefficient (Wildman–Crippen LogP) is 1.55. The Hall–Kier alpha value is -2.09. The number of anilines is 2. The molecule has 7 nitrogen and oxygen atoms in total. The van der Waals surface area contributed by atoms with E-state index in [0.717, 1.165) is 6.26 Å². The SMILES string of the molecule is C[C@H](NC(=O)C(C)(C)C)C(=O)Nc1ccc(NS(C)(=O)=O)cc1. The van der Waals surface area contributed by atoms with E-state index in [9.17, 15) is 18.0 Å². The first-order chi connectivity index (χ1) is 10.4. The Morgan fingerprint density at radius 2 is 1.52 bits per heavy atom. The van der Waals surface area contributed by atoms with Crippen molar-refractivity contribution in [1.82, 2.24) is 5.32 Å². The molecule has 2 amide bonds. The molecule has 8 heteroatoms. The Labute approximate surface area is 136 Å². The van der Waals surface area contributed by atoms with Crippen LogP contribution in [0.3, 0.4) is 0 Å². The maximum absolute atomic E-state index is 12.1. The highest BCUT2D eigenvalue weighted by Crippen LogP contribution is 2.15. The lowest BCUT2D eigenvalue weighted by atomic mass is 9.95. The lowest BCUT2D eigenvalue weighted by Crippen LogP contribution is -2.46. The second-order valence-corrected chi connectivity index (χ2v) is 8.13. The van der Waals surface area contributed by atoms with Crippen molar-refractivity contribution in [2.45, 2.75) is 33.7 Å². The van der Waals surface area contributed by atoms with Crippen LogP contribution < -0.4 is 15.4 Å². The summed E-state index contributed by atoms with van der Waals surface area (Å²) < 4.78 is 24.6. The number of benzene rings is 1. The molecule has 0 aliphatic heterocycles. The van der Waals surface area contributed by atoms with Crippen LogP contribution in [0.4, 0.5) is 11.4 Å². The minimum atomic E-state index is -3.34. The van der Waals surface area contributed by atoms with Gasteiger partial charge in [0.1, 0.15) is 6.04 Å². The second-order valence-electron chi connectivity index (χ2n) is 6.39. The van der Waals surface area contributed by atoms with Crippen molar-refractivity contribution < 1.29 is 18.0 Å². The summed E-state index contributed by atoms with van der Waals surface area (Å²) in [4.78, 5) is 23.9. The van der Waals surface area contributed by atoms with Crippen LogP contribution in [0.1, 0.15) is 27.7 Å². The van der Waals surface area contributed by atoms with Gasteiger partial charge in [-0.1, -0.05) is 20.8 Å². The Bertz CT molecular complexity index is 676. The molecule has 128 valence electrons. The van der Waals surface area contributed by atoms with Crippen molar-refractivity contribution in [3.8, 4) is 0 Å². The van der Waals surface area contributed by atoms with Crippen molar-refractivity contribution >= 4 is 33.2 Å². The Morgan fingerprint density at radius 1 is 1.04 bits per heavy atom. The third-order valence-corrected chi connectivity index (χ3v) is 3.48. The first-order valence-electron chi connectivity index (χ1n) is 7.08. The Kier molecular flexibility index (Phi) is 5.76. The number of hydrogen-bond acceptors (Lipinski definition) is 4. The quantitative estimate of drug-likeness (QED) is 0.755. The third kappa shape index (κ3) is 6.68. The molecule has 0 saturated carbocycles. The van der Waals surface area contributed by atoms with Gasteiger partial charge >= 0.3 is 0 Å². The lowest BCUT2D eigenvalue weighted by Gasteiger charge is -2.21. The molecule has 1 atom stereocenters. The molecule has 0 saturated heterocycles. The summed E-state index contributed by atoms with van der Waals surface area (Å²) in [5.74, 6) is -0.570.